The van der Waals surface area contributed by atoms with Crippen molar-refractivity contribution in [2.45, 2.75) is 44.7 Å². The van der Waals surface area contributed by atoms with Crippen LogP contribution in [0.4, 0.5) is 5.82 Å². The van der Waals surface area contributed by atoms with Gasteiger partial charge in [0.1, 0.15) is 17.5 Å². The number of hydrogen-bond acceptors (Lipinski definition) is 5. The van der Waals surface area contributed by atoms with E-state index in [1.54, 1.807) is 18.3 Å². The molecule has 1 unspecified atom stereocenters. The lowest BCUT2D eigenvalue weighted by molar-refractivity contribution is 0.0933. The molecular formula is C21H24N6O. The maximum absolute atomic E-state index is 12.5. The Morgan fingerprint density at radius 1 is 1.14 bits per heavy atom. The minimum Gasteiger partial charge on any atom is -0.384 e. The lowest BCUT2D eigenvalue weighted by atomic mass is 10.1. The largest absolute Gasteiger partial charge is 0.384 e. The molecule has 7 nitrogen and oxygen atoms in total. The summed E-state index contributed by atoms with van der Waals surface area (Å²) in [6, 6.07) is 13.8. The first kappa shape index (κ1) is 18.2. The van der Waals surface area contributed by atoms with Crippen LogP contribution in [0.3, 0.4) is 0 Å². The number of carbonyl (C=O) groups excluding carboxylic acids is 1. The molecule has 3 N–H and O–H groups in total. The molecule has 3 heterocycles. The van der Waals surface area contributed by atoms with Crippen molar-refractivity contribution in [3.05, 3.63) is 71.4 Å². The summed E-state index contributed by atoms with van der Waals surface area (Å²) in [7, 11) is 0. The summed E-state index contributed by atoms with van der Waals surface area (Å²) in [5, 5.41) is 11.9. The third kappa shape index (κ3) is 4.19. The fourth-order valence-electron chi connectivity index (χ4n) is 3.64. The summed E-state index contributed by atoms with van der Waals surface area (Å²) in [5.41, 5.74) is 7.52. The van der Waals surface area contributed by atoms with Crippen molar-refractivity contribution in [3.8, 4) is 0 Å². The molecule has 3 aromatic rings. The van der Waals surface area contributed by atoms with Gasteiger partial charge in [-0.15, -0.1) is 10.2 Å². The molecule has 0 saturated carbocycles. The van der Waals surface area contributed by atoms with E-state index in [4.69, 9.17) is 5.73 Å². The van der Waals surface area contributed by atoms with Crippen LogP contribution in [0, 0.1) is 0 Å². The highest BCUT2D eigenvalue weighted by Gasteiger charge is 2.22. The summed E-state index contributed by atoms with van der Waals surface area (Å²) in [6.45, 7) is 0.815. The molecule has 1 aliphatic rings. The number of nitrogens with zero attached hydrogens (tertiary/aromatic N) is 4. The number of anilines is 1. The molecule has 0 spiro atoms. The molecule has 0 bridgehead atoms. The molecular weight excluding hydrogens is 352 g/mol. The van der Waals surface area contributed by atoms with Gasteiger partial charge in [-0.25, -0.2) is 4.98 Å². The van der Waals surface area contributed by atoms with E-state index in [-0.39, 0.29) is 11.9 Å². The summed E-state index contributed by atoms with van der Waals surface area (Å²) >= 11 is 0. The van der Waals surface area contributed by atoms with Gasteiger partial charge in [0, 0.05) is 37.2 Å². The number of carbonyl (C=O) groups is 1. The first-order chi connectivity index (χ1) is 13.7. The minimum atomic E-state index is -0.110. The Bertz CT molecular complexity index is 953. The second-order valence-corrected chi connectivity index (χ2v) is 7.14. The SMILES string of the molecule is Nc1cc(C(=O)NC2CCc3nnc(CCc4ccccc4)n3CC2)ccn1. The number of pyridine rings is 1. The summed E-state index contributed by atoms with van der Waals surface area (Å²) in [5.74, 6) is 2.27. The van der Waals surface area contributed by atoms with E-state index in [1.807, 2.05) is 6.07 Å². The number of fused-ring (bicyclic) bond motifs is 1. The molecule has 0 radical (unpaired) electrons. The molecule has 0 saturated heterocycles. The van der Waals surface area contributed by atoms with Gasteiger partial charge in [-0.3, -0.25) is 4.79 Å². The second-order valence-electron chi connectivity index (χ2n) is 7.14. The summed E-state index contributed by atoms with van der Waals surface area (Å²) in [4.78, 5) is 16.4. The van der Waals surface area contributed by atoms with Gasteiger partial charge in [0.2, 0.25) is 0 Å². The zero-order valence-electron chi connectivity index (χ0n) is 15.7. The number of aryl methyl sites for hydroxylation is 3. The zero-order chi connectivity index (χ0) is 19.3. The van der Waals surface area contributed by atoms with Crippen molar-refractivity contribution in [1.29, 1.82) is 0 Å². The van der Waals surface area contributed by atoms with Crippen molar-refractivity contribution in [2.75, 3.05) is 5.73 Å². The molecule has 1 atom stereocenters. The molecule has 1 amide bonds. The van der Waals surface area contributed by atoms with Crippen LogP contribution >= 0.6 is 0 Å². The van der Waals surface area contributed by atoms with Crippen molar-refractivity contribution in [2.24, 2.45) is 0 Å². The second kappa shape index (κ2) is 8.21. The average molecular weight is 376 g/mol. The molecule has 4 rings (SSSR count). The number of benzene rings is 1. The molecule has 7 heteroatoms. The standard InChI is InChI=1S/C21H24N6O/c22-18-14-16(10-12-23-18)21(28)24-17-7-9-20-26-25-19(27(20)13-11-17)8-6-15-4-2-1-3-5-15/h1-5,10,12,14,17H,6-9,11,13H2,(H2,22,23)(H,24,28). The normalized spacial score (nSPS) is 16.2. The quantitative estimate of drug-likeness (QED) is 0.711. The molecule has 1 aromatic carbocycles. The Morgan fingerprint density at radius 2 is 2.00 bits per heavy atom. The van der Waals surface area contributed by atoms with E-state index in [0.29, 0.717) is 11.4 Å². The van der Waals surface area contributed by atoms with Crippen LogP contribution in [-0.2, 0) is 25.8 Å². The maximum atomic E-state index is 12.5. The monoisotopic (exact) mass is 376 g/mol. The van der Waals surface area contributed by atoms with Gasteiger partial charge < -0.3 is 15.6 Å². The smallest absolute Gasteiger partial charge is 0.251 e. The number of amides is 1. The molecule has 0 fully saturated rings. The van der Waals surface area contributed by atoms with Crippen LogP contribution in [0.5, 0.6) is 0 Å². The third-order valence-electron chi connectivity index (χ3n) is 5.18. The number of hydrogen-bond donors (Lipinski definition) is 2. The van der Waals surface area contributed by atoms with Crippen molar-refractivity contribution in [1.82, 2.24) is 25.1 Å². The number of nitrogens with two attached hydrogens (primary N) is 1. The predicted molar refractivity (Wildman–Crippen MR) is 107 cm³/mol. The van der Waals surface area contributed by atoms with E-state index in [0.717, 1.165) is 50.3 Å². The van der Waals surface area contributed by atoms with Crippen LogP contribution in [0.15, 0.2) is 48.7 Å². The lowest BCUT2D eigenvalue weighted by Crippen LogP contribution is -2.35. The molecule has 144 valence electrons. The molecule has 28 heavy (non-hydrogen) atoms. The first-order valence-electron chi connectivity index (χ1n) is 9.66. The van der Waals surface area contributed by atoms with Crippen LogP contribution in [0.25, 0.3) is 0 Å². The molecule has 0 aliphatic carbocycles. The maximum Gasteiger partial charge on any atom is 0.251 e. The third-order valence-corrected chi connectivity index (χ3v) is 5.18. The van der Waals surface area contributed by atoms with E-state index in [1.165, 1.54) is 5.56 Å². The van der Waals surface area contributed by atoms with Gasteiger partial charge in [0.15, 0.2) is 0 Å². The van der Waals surface area contributed by atoms with Gasteiger partial charge in [0.25, 0.3) is 5.91 Å². The predicted octanol–water partition coefficient (Wildman–Crippen LogP) is 2.18. The van der Waals surface area contributed by atoms with Gasteiger partial charge >= 0.3 is 0 Å². The molecule has 2 aromatic heterocycles. The Hall–Kier alpha value is -3.22. The van der Waals surface area contributed by atoms with E-state index in [2.05, 4.69) is 49.3 Å². The lowest BCUT2D eigenvalue weighted by Gasteiger charge is -2.16. The Labute approximate surface area is 164 Å². The Kier molecular flexibility index (Phi) is 5.32. The molecule has 1 aliphatic heterocycles. The van der Waals surface area contributed by atoms with Crippen molar-refractivity contribution in [3.63, 3.8) is 0 Å². The van der Waals surface area contributed by atoms with Gasteiger partial charge in [0.05, 0.1) is 0 Å². The van der Waals surface area contributed by atoms with Crippen LogP contribution < -0.4 is 11.1 Å². The number of aromatic nitrogens is 4. The summed E-state index contributed by atoms with van der Waals surface area (Å²) in [6.07, 6.45) is 5.88. The van der Waals surface area contributed by atoms with Crippen molar-refractivity contribution < 1.29 is 4.79 Å². The van der Waals surface area contributed by atoms with E-state index in [9.17, 15) is 4.79 Å². The Morgan fingerprint density at radius 3 is 2.82 bits per heavy atom. The van der Waals surface area contributed by atoms with Gasteiger partial charge in [-0.2, -0.15) is 0 Å². The van der Waals surface area contributed by atoms with Gasteiger partial charge in [-0.1, -0.05) is 30.3 Å². The fourth-order valence-corrected chi connectivity index (χ4v) is 3.64. The Balaban J connectivity index is 1.37. The average Bonchev–Trinajstić information content (AvgIpc) is 3.00. The van der Waals surface area contributed by atoms with Crippen LogP contribution in [0.2, 0.25) is 0 Å². The minimum absolute atomic E-state index is 0.102. The van der Waals surface area contributed by atoms with Crippen LogP contribution in [0.1, 0.15) is 40.4 Å². The highest BCUT2D eigenvalue weighted by Crippen LogP contribution is 2.17. The summed E-state index contributed by atoms with van der Waals surface area (Å²) < 4.78 is 2.22. The highest BCUT2D eigenvalue weighted by atomic mass is 16.1. The zero-order valence-corrected chi connectivity index (χ0v) is 15.7. The number of nitrogen functional groups attached to an aromatic ring is 1. The van der Waals surface area contributed by atoms with Gasteiger partial charge in [-0.05, 0) is 37.0 Å². The topological polar surface area (TPSA) is 98.7 Å². The van der Waals surface area contributed by atoms with E-state index < -0.39 is 0 Å². The highest BCUT2D eigenvalue weighted by molar-refractivity contribution is 5.94. The van der Waals surface area contributed by atoms with Crippen LogP contribution in [-0.4, -0.2) is 31.7 Å². The van der Waals surface area contributed by atoms with Crippen molar-refractivity contribution >= 4 is 11.7 Å². The van der Waals surface area contributed by atoms with E-state index >= 15 is 0 Å². The first-order valence-corrected chi connectivity index (χ1v) is 9.66. The fraction of sp³-hybridized carbons (Fsp3) is 0.333. The number of nitrogens with one attached hydrogen (secondary N) is 1. The number of rotatable bonds is 5.